The molecule has 1 N–H and O–H groups in total. The summed E-state index contributed by atoms with van der Waals surface area (Å²) < 4.78 is 4.61. The Labute approximate surface area is 130 Å². The van der Waals surface area contributed by atoms with Gasteiger partial charge >= 0.3 is 5.97 Å². The second-order valence-corrected chi connectivity index (χ2v) is 7.11. The number of methoxy groups -OCH3 is 1. The number of hydrogen-bond donors (Lipinski definition) is 1. The fraction of sp³-hybridized carbons (Fsp3) is 0.533. The zero-order valence-corrected chi connectivity index (χ0v) is 14.0. The fourth-order valence-electron chi connectivity index (χ4n) is 1.48. The van der Waals surface area contributed by atoms with Gasteiger partial charge in [-0.1, -0.05) is 17.7 Å². The number of nitrogens with one attached hydrogen (secondary N) is 1. The summed E-state index contributed by atoms with van der Waals surface area (Å²) in [6.07, 6.45) is 0.409. The highest BCUT2D eigenvalue weighted by atomic mass is 35.5. The lowest BCUT2D eigenvalue weighted by Crippen LogP contribution is -2.35. The zero-order chi connectivity index (χ0) is 15.2. The number of rotatable bonds is 6. The molecule has 0 saturated carbocycles. The lowest BCUT2D eigenvalue weighted by atomic mass is 10.1. The van der Waals surface area contributed by atoms with Gasteiger partial charge in [0.05, 0.1) is 13.5 Å². The van der Waals surface area contributed by atoms with Crippen molar-refractivity contribution in [2.75, 3.05) is 12.9 Å². The van der Waals surface area contributed by atoms with E-state index in [4.69, 9.17) is 11.6 Å². The van der Waals surface area contributed by atoms with Crippen LogP contribution in [0, 0.1) is 0 Å². The predicted molar refractivity (Wildman–Crippen MR) is 85.4 cm³/mol. The third kappa shape index (κ3) is 6.64. The molecule has 20 heavy (non-hydrogen) atoms. The van der Waals surface area contributed by atoms with Gasteiger partial charge in [-0.15, -0.1) is 11.8 Å². The highest BCUT2D eigenvalue weighted by molar-refractivity contribution is 7.99. The van der Waals surface area contributed by atoms with Crippen molar-refractivity contribution in [1.29, 1.82) is 0 Å². The van der Waals surface area contributed by atoms with Crippen molar-refractivity contribution in [2.45, 2.75) is 44.2 Å². The number of halogens is 1. The number of thioether (sulfide) groups is 1. The molecular formula is C15H22ClNO2S. The molecule has 3 nitrogen and oxygen atoms in total. The molecule has 1 rings (SSSR count). The maximum Gasteiger partial charge on any atom is 0.306 e. The standard InChI is InChI=1S/C15H22ClNO2S/c1-15(2,3)17-10-11-5-6-12(9-13(11)16)20-8-7-14(18)19-4/h5-6,9,17H,7-8,10H2,1-4H3. The van der Waals surface area contributed by atoms with Crippen LogP contribution in [0.25, 0.3) is 0 Å². The first-order chi connectivity index (χ1) is 9.31. The number of hydrogen-bond acceptors (Lipinski definition) is 4. The molecule has 0 bridgehead atoms. The molecule has 0 aromatic heterocycles. The van der Waals surface area contributed by atoms with E-state index in [-0.39, 0.29) is 11.5 Å². The molecule has 0 unspecified atom stereocenters. The average molecular weight is 316 g/mol. The van der Waals surface area contributed by atoms with Gasteiger partial charge in [0.2, 0.25) is 0 Å². The van der Waals surface area contributed by atoms with Crippen molar-refractivity contribution < 1.29 is 9.53 Å². The van der Waals surface area contributed by atoms with Crippen LogP contribution in [0.1, 0.15) is 32.8 Å². The molecule has 0 radical (unpaired) electrons. The van der Waals surface area contributed by atoms with Gasteiger partial charge in [-0.3, -0.25) is 4.79 Å². The lowest BCUT2D eigenvalue weighted by molar-refractivity contribution is -0.140. The van der Waals surface area contributed by atoms with Gasteiger partial charge in [0.1, 0.15) is 0 Å². The summed E-state index contributed by atoms with van der Waals surface area (Å²) in [5.41, 5.74) is 1.15. The predicted octanol–water partition coefficient (Wildman–Crippen LogP) is 3.88. The van der Waals surface area contributed by atoms with Crippen molar-refractivity contribution in [2.24, 2.45) is 0 Å². The van der Waals surface area contributed by atoms with Gasteiger partial charge in [0.25, 0.3) is 0 Å². The first kappa shape index (κ1) is 17.3. The molecule has 0 atom stereocenters. The Morgan fingerprint density at radius 3 is 2.65 bits per heavy atom. The van der Waals surface area contributed by atoms with Crippen LogP contribution in [0.15, 0.2) is 23.1 Å². The minimum atomic E-state index is -0.186. The summed E-state index contributed by atoms with van der Waals surface area (Å²) >= 11 is 7.89. The van der Waals surface area contributed by atoms with Crippen LogP contribution in [0.4, 0.5) is 0 Å². The number of ether oxygens (including phenoxy) is 1. The van der Waals surface area contributed by atoms with Crippen LogP contribution >= 0.6 is 23.4 Å². The van der Waals surface area contributed by atoms with Crippen LogP contribution in [0.2, 0.25) is 5.02 Å². The molecule has 0 aliphatic carbocycles. The third-order valence-corrected chi connectivity index (χ3v) is 3.98. The summed E-state index contributed by atoms with van der Waals surface area (Å²) in [5.74, 6) is 0.511. The van der Waals surface area contributed by atoms with E-state index in [1.54, 1.807) is 11.8 Å². The summed E-state index contributed by atoms with van der Waals surface area (Å²) in [6, 6.07) is 6.01. The summed E-state index contributed by atoms with van der Waals surface area (Å²) in [6.45, 7) is 7.11. The second kappa shape index (κ2) is 7.91. The van der Waals surface area contributed by atoms with Gasteiger partial charge in [0, 0.05) is 27.8 Å². The summed E-state index contributed by atoms with van der Waals surface area (Å²) in [4.78, 5) is 12.1. The third-order valence-electron chi connectivity index (χ3n) is 2.64. The van der Waals surface area contributed by atoms with Crippen LogP contribution in [0.5, 0.6) is 0 Å². The van der Waals surface area contributed by atoms with E-state index >= 15 is 0 Å². The van der Waals surface area contributed by atoms with Crippen LogP contribution in [0.3, 0.4) is 0 Å². The van der Waals surface area contributed by atoms with Crippen molar-refractivity contribution in [1.82, 2.24) is 5.32 Å². The van der Waals surface area contributed by atoms with Crippen molar-refractivity contribution in [3.63, 3.8) is 0 Å². The molecule has 0 amide bonds. The Bertz CT molecular complexity index is 458. The molecule has 0 spiro atoms. The highest BCUT2D eigenvalue weighted by Gasteiger charge is 2.10. The maximum atomic E-state index is 11.0. The minimum Gasteiger partial charge on any atom is -0.469 e. The molecular weight excluding hydrogens is 294 g/mol. The maximum absolute atomic E-state index is 11.0. The molecule has 5 heteroatoms. The molecule has 1 aromatic carbocycles. The summed E-state index contributed by atoms with van der Waals surface area (Å²) in [5, 5.41) is 4.17. The monoisotopic (exact) mass is 315 g/mol. The molecule has 0 saturated heterocycles. The van der Waals surface area contributed by atoms with Crippen molar-refractivity contribution in [3.8, 4) is 0 Å². The quantitative estimate of drug-likeness (QED) is 0.638. The zero-order valence-electron chi connectivity index (χ0n) is 12.5. The van der Waals surface area contributed by atoms with Gasteiger partial charge in [-0.05, 0) is 38.5 Å². The van der Waals surface area contributed by atoms with Gasteiger partial charge in [0.15, 0.2) is 0 Å². The van der Waals surface area contributed by atoms with Crippen LogP contribution < -0.4 is 5.32 Å². The fourth-order valence-corrected chi connectivity index (χ4v) is 2.66. The van der Waals surface area contributed by atoms with E-state index in [2.05, 4.69) is 30.8 Å². The molecule has 1 aromatic rings. The lowest BCUT2D eigenvalue weighted by Gasteiger charge is -2.21. The highest BCUT2D eigenvalue weighted by Crippen LogP contribution is 2.25. The smallest absolute Gasteiger partial charge is 0.306 e. The number of esters is 1. The van der Waals surface area contributed by atoms with E-state index < -0.39 is 0 Å². The molecule has 0 heterocycles. The van der Waals surface area contributed by atoms with E-state index in [1.165, 1.54) is 7.11 Å². The van der Waals surface area contributed by atoms with E-state index in [0.29, 0.717) is 12.2 Å². The number of benzene rings is 1. The first-order valence-electron chi connectivity index (χ1n) is 6.55. The number of carbonyl (C=O) groups excluding carboxylic acids is 1. The van der Waals surface area contributed by atoms with Gasteiger partial charge < -0.3 is 10.1 Å². The Hall–Kier alpha value is -0.710. The van der Waals surface area contributed by atoms with Crippen molar-refractivity contribution in [3.05, 3.63) is 28.8 Å². The Morgan fingerprint density at radius 1 is 1.40 bits per heavy atom. The Kier molecular flexibility index (Phi) is 6.86. The van der Waals surface area contributed by atoms with Crippen molar-refractivity contribution >= 4 is 29.3 Å². The molecule has 0 aliphatic heterocycles. The van der Waals surface area contributed by atoms with Gasteiger partial charge in [-0.25, -0.2) is 0 Å². The average Bonchev–Trinajstić information content (AvgIpc) is 2.36. The largest absolute Gasteiger partial charge is 0.469 e. The molecule has 112 valence electrons. The Morgan fingerprint density at radius 2 is 2.10 bits per heavy atom. The first-order valence-corrected chi connectivity index (χ1v) is 7.91. The van der Waals surface area contributed by atoms with E-state index in [0.717, 1.165) is 22.0 Å². The summed E-state index contributed by atoms with van der Waals surface area (Å²) in [7, 11) is 1.40. The minimum absolute atomic E-state index is 0.0667. The SMILES string of the molecule is COC(=O)CCSc1ccc(CNC(C)(C)C)c(Cl)c1. The molecule has 0 fully saturated rings. The van der Waals surface area contributed by atoms with E-state index in [1.807, 2.05) is 18.2 Å². The Balaban J connectivity index is 2.53. The van der Waals surface area contributed by atoms with Gasteiger partial charge in [-0.2, -0.15) is 0 Å². The molecule has 0 aliphatic rings. The topological polar surface area (TPSA) is 38.3 Å². The second-order valence-electron chi connectivity index (χ2n) is 5.53. The van der Waals surface area contributed by atoms with E-state index in [9.17, 15) is 4.79 Å². The normalized spacial score (nSPS) is 11.4. The van der Waals surface area contributed by atoms with Crippen LogP contribution in [-0.2, 0) is 16.1 Å². The van der Waals surface area contributed by atoms with Crippen LogP contribution in [-0.4, -0.2) is 24.4 Å². The number of carbonyl (C=O) groups is 1.